The SMILES string of the molecule is CNC1CCC(C)(C)CC1Oc1cc(F)ccc1C. The molecule has 0 heterocycles. The van der Waals surface area contributed by atoms with Gasteiger partial charge in [0.25, 0.3) is 0 Å². The number of nitrogens with one attached hydrogen (secondary N) is 1. The predicted octanol–water partition coefficient (Wildman–Crippen LogP) is 3.68. The minimum absolute atomic E-state index is 0.106. The first-order valence-electron chi connectivity index (χ1n) is 7.01. The Kier molecular flexibility index (Phi) is 4.14. The molecule has 0 amide bonds. The highest BCUT2D eigenvalue weighted by Crippen LogP contribution is 2.37. The van der Waals surface area contributed by atoms with Crippen molar-refractivity contribution >= 4 is 0 Å². The van der Waals surface area contributed by atoms with Gasteiger partial charge in [0.15, 0.2) is 0 Å². The van der Waals surface area contributed by atoms with Crippen molar-refractivity contribution in [3.63, 3.8) is 0 Å². The van der Waals surface area contributed by atoms with Crippen LogP contribution in [0.5, 0.6) is 5.75 Å². The normalized spacial score (nSPS) is 26.2. The van der Waals surface area contributed by atoms with E-state index in [1.807, 2.05) is 14.0 Å². The zero-order valence-corrected chi connectivity index (χ0v) is 12.3. The fourth-order valence-electron chi connectivity index (χ4n) is 2.84. The number of hydrogen-bond donors (Lipinski definition) is 1. The molecule has 2 atom stereocenters. The Bertz CT molecular complexity index is 444. The fraction of sp³-hybridized carbons (Fsp3) is 0.625. The van der Waals surface area contributed by atoms with E-state index in [1.165, 1.54) is 18.6 Å². The van der Waals surface area contributed by atoms with Gasteiger partial charge in [-0.25, -0.2) is 4.39 Å². The van der Waals surface area contributed by atoms with Crippen molar-refractivity contribution in [1.82, 2.24) is 5.32 Å². The topological polar surface area (TPSA) is 21.3 Å². The number of halogens is 1. The molecule has 19 heavy (non-hydrogen) atoms. The zero-order valence-electron chi connectivity index (χ0n) is 12.3. The molecule has 1 aromatic rings. The van der Waals surface area contributed by atoms with Crippen LogP contribution in [-0.4, -0.2) is 19.2 Å². The highest BCUT2D eigenvalue weighted by Gasteiger charge is 2.35. The van der Waals surface area contributed by atoms with Crippen LogP contribution in [0.3, 0.4) is 0 Å². The molecule has 1 fully saturated rings. The quantitative estimate of drug-likeness (QED) is 0.900. The van der Waals surface area contributed by atoms with Crippen molar-refractivity contribution in [3.8, 4) is 5.75 Å². The summed E-state index contributed by atoms with van der Waals surface area (Å²) in [6.45, 7) is 6.50. The number of aryl methyl sites for hydroxylation is 1. The van der Waals surface area contributed by atoms with E-state index in [4.69, 9.17) is 4.74 Å². The Morgan fingerprint density at radius 1 is 1.37 bits per heavy atom. The van der Waals surface area contributed by atoms with Crippen LogP contribution in [-0.2, 0) is 0 Å². The fourth-order valence-corrected chi connectivity index (χ4v) is 2.84. The molecule has 1 saturated carbocycles. The summed E-state index contributed by atoms with van der Waals surface area (Å²) in [5.74, 6) is 0.430. The molecule has 1 N–H and O–H groups in total. The Morgan fingerprint density at radius 2 is 2.11 bits per heavy atom. The molecule has 106 valence electrons. The molecule has 1 aliphatic carbocycles. The highest BCUT2D eigenvalue weighted by atomic mass is 19.1. The second-order valence-corrected chi connectivity index (χ2v) is 6.37. The second kappa shape index (κ2) is 5.49. The number of ether oxygens (including phenoxy) is 1. The Morgan fingerprint density at radius 3 is 2.79 bits per heavy atom. The van der Waals surface area contributed by atoms with Crippen molar-refractivity contribution in [2.45, 2.75) is 52.2 Å². The molecule has 2 nitrogen and oxygen atoms in total. The van der Waals surface area contributed by atoms with Crippen molar-refractivity contribution < 1.29 is 9.13 Å². The van der Waals surface area contributed by atoms with E-state index in [0.29, 0.717) is 17.2 Å². The third-order valence-electron chi connectivity index (χ3n) is 4.13. The maximum atomic E-state index is 13.3. The van der Waals surface area contributed by atoms with Gasteiger partial charge in [0, 0.05) is 12.1 Å². The van der Waals surface area contributed by atoms with Gasteiger partial charge in [0.2, 0.25) is 0 Å². The highest BCUT2D eigenvalue weighted by molar-refractivity contribution is 5.33. The van der Waals surface area contributed by atoms with Crippen LogP contribution in [0.1, 0.15) is 38.7 Å². The Balaban J connectivity index is 2.16. The molecule has 0 saturated heterocycles. The third kappa shape index (κ3) is 3.47. The Hall–Kier alpha value is -1.09. The molecular weight excluding hydrogens is 241 g/mol. The van der Waals surface area contributed by atoms with Crippen molar-refractivity contribution in [2.24, 2.45) is 5.41 Å². The van der Waals surface area contributed by atoms with Crippen LogP contribution in [0.25, 0.3) is 0 Å². The van der Waals surface area contributed by atoms with Gasteiger partial charge in [0.1, 0.15) is 17.7 Å². The average molecular weight is 265 g/mol. The summed E-state index contributed by atoms with van der Waals surface area (Å²) in [6.07, 6.45) is 3.39. The first-order chi connectivity index (χ1) is 8.91. The summed E-state index contributed by atoms with van der Waals surface area (Å²) in [4.78, 5) is 0. The summed E-state index contributed by atoms with van der Waals surface area (Å²) in [5.41, 5.74) is 1.28. The summed E-state index contributed by atoms with van der Waals surface area (Å²) in [7, 11) is 1.97. The molecule has 0 bridgehead atoms. The molecule has 0 aromatic heterocycles. The molecule has 2 rings (SSSR count). The number of benzene rings is 1. The van der Waals surface area contributed by atoms with Gasteiger partial charge in [-0.05, 0) is 50.3 Å². The third-order valence-corrected chi connectivity index (χ3v) is 4.13. The lowest BCUT2D eigenvalue weighted by Gasteiger charge is -2.40. The van der Waals surface area contributed by atoms with Gasteiger partial charge in [-0.15, -0.1) is 0 Å². The van der Waals surface area contributed by atoms with Crippen molar-refractivity contribution in [3.05, 3.63) is 29.6 Å². The summed E-state index contributed by atoms with van der Waals surface area (Å²) >= 11 is 0. The smallest absolute Gasteiger partial charge is 0.126 e. The van der Waals surface area contributed by atoms with Crippen molar-refractivity contribution in [2.75, 3.05) is 7.05 Å². The van der Waals surface area contributed by atoms with E-state index >= 15 is 0 Å². The average Bonchev–Trinajstić information content (AvgIpc) is 2.33. The lowest BCUT2D eigenvalue weighted by molar-refractivity contribution is 0.0552. The van der Waals surface area contributed by atoms with Gasteiger partial charge in [0.05, 0.1) is 0 Å². The first-order valence-corrected chi connectivity index (χ1v) is 7.01. The maximum absolute atomic E-state index is 13.3. The first kappa shape index (κ1) is 14.3. The van der Waals surface area contributed by atoms with E-state index in [-0.39, 0.29) is 11.9 Å². The van der Waals surface area contributed by atoms with Gasteiger partial charge in [-0.3, -0.25) is 0 Å². The van der Waals surface area contributed by atoms with Crippen LogP contribution in [0.2, 0.25) is 0 Å². The summed E-state index contributed by atoms with van der Waals surface area (Å²) in [6, 6.07) is 5.08. The van der Waals surface area contributed by atoms with Gasteiger partial charge in [-0.2, -0.15) is 0 Å². The lowest BCUT2D eigenvalue weighted by Crippen LogP contribution is -2.47. The molecule has 2 unspecified atom stereocenters. The van der Waals surface area contributed by atoms with Crippen LogP contribution in [0.15, 0.2) is 18.2 Å². The maximum Gasteiger partial charge on any atom is 0.126 e. The van der Waals surface area contributed by atoms with Crippen LogP contribution < -0.4 is 10.1 Å². The zero-order chi connectivity index (χ0) is 14.0. The summed E-state index contributed by atoms with van der Waals surface area (Å²) < 4.78 is 19.4. The molecule has 0 radical (unpaired) electrons. The van der Waals surface area contributed by atoms with E-state index in [1.54, 1.807) is 6.07 Å². The van der Waals surface area contributed by atoms with Gasteiger partial charge < -0.3 is 10.1 Å². The molecule has 0 aliphatic heterocycles. The number of hydrogen-bond acceptors (Lipinski definition) is 2. The largest absolute Gasteiger partial charge is 0.488 e. The lowest BCUT2D eigenvalue weighted by atomic mass is 9.74. The predicted molar refractivity (Wildman–Crippen MR) is 76.0 cm³/mol. The van der Waals surface area contributed by atoms with E-state index in [9.17, 15) is 4.39 Å². The second-order valence-electron chi connectivity index (χ2n) is 6.37. The molecule has 3 heteroatoms. The molecule has 1 aliphatic rings. The van der Waals surface area contributed by atoms with E-state index in [2.05, 4.69) is 19.2 Å². The van der Waals surface area contributed by atoms with Crippen molar-refractivity contribution in [1.29, 1.82) is 0 Å². The van der Waals surface area contributed by atoms with Crippen LogP contribution >= 0.6 is 0 Å². The molecular formula is C16H24FNO. The molecule has 1 aromatic carbocycles. The Labute approximate surface area is 115 Å². The minimum Gasteiger partial charge on any atom is -0.488 e. The van der Waals surface area contributed by atoms with Gasteiger partial charge in [-0.1, -0.05) is 19.9 Å². The number of likely N-dealkylation sites (N-methyl/N-ethyl adjacent to an activating group) is 1. The van der Waals surface area contributed by atoms with Gasteiger partial charge >= 0.3 is 0 Å². The standard InChI is InChI=1S/C16H24FNO/c1-11-5-6-12(17)9-14(11)19-15-10-16(2,3)8-7-13(15)18-4/h5-6,9,13,15,18H,7-8,10H2,1-4H3. The molecule has 0 spiro atoms. The van der Waals surface area contributed by atoms with E-state index < -0.39 is 0 Å². The number of rotatable bonds is 3. The van der Waals surface area contributed by atoms with Crippen LogP contribution in [0, 0.1) is 18.2 Å². The monoisotopic (exact) mass is 265 g/mol. The minimum atomic E-state index is -0.239. The van der Waals surface area contributed by atoms with E-state index in [0.717, 1.165) is 18.4 Å². The van der Waals surface area contributed by atoms with Crippen LogP contribution in [0.4, 0.5) is 4.39 Å². The summed E-state index contributed by atoms with van der Waals surface area (Å²) in [5, 5.41) is 3.33.